The Kier molecular flexibility index (Phi) is 37.5. The molecule has 6 heterocycles. The number of fused-ring (bicyclic) bond motifs is 4. The monoisotopic (exact) mass is 1870 g/mol. The number of aliphatic hydroxyl groups excluding tert-OH is 2. The summed E-state index contributed by atoms with van der Waals surface area (Å²) in [6.45, 7) is 4.01. The van der Waals surface area contributed by atoms with Crippen molar-refractivity contribution in [2.24, 2.45) is 34.6 Å². The van der Waals surface area contributed by atoms with Crippen molar-refractivity contribution in [3.8, 4) is 0 Å². The summed E-state index contributed by atoms with van der Waals surface area (Å²) in [7, 11) is 3.87. The van der Waals surface area contributed by atoms with Crippen molar-refractivity contribution in [1.82, 2.24) is 93.0 Å². The topological polar surface area (TPSA) is 682 Å². The number of rotatable bonds is 24. The SMILES string of the molecule is CCCC[C@H]1C(=O)N(C)[C@@H](CCCC)C(=O)N[C@@H](CCCNC(=N)N)C(=O)N[C@H](C(=O)NCC(N)=O)CSCC(=O)N[C@@H](Cc2ccc(C(N)=O)cc2)C(=O)N(C)[C@@H](C)C(=O)NC(CC(N)=O)C(=O)N2CCC[C@H]2C(=O)N[C@@H](CN)C(=O)N[C@H]2CC(C)C3[C@H](O)CC(C(=O)N[C@@H](Cc4c[nH]c5ccccc45)C(=O)N[C@@H](CO)C(=O)N[C@@H](Cc4c[nH]c5ccccc45)C(=O)N1C)N3C2=O. The van der Waals surface area contributed by atoms with E-state index in [1.807, 2.05) is 13.8 Å². The Labute approximate surface area is 771 Å². The first-order valence-corrected chi connectivity index (χ1v) is 45.6. The van der Waals surface area contributed by atoms with E-state index in [4.69, 9.17) is 34.1 Å². The number of nitrogens with two attached hydrogens (primary N) is 5. The van der Waals surface area contributed by atoms with Gasteiger partial charge in [0.1, 0.15) is 84.6 Å². The number of benzene rings is 3. The number of hydrogen-bond acceptors (Lipinski definition) is 23. The van der Waals surface area contributed by atoms with Gasteiger partial charge in [0.05, 0.1) is 37.5 Å². The van der Waals surface area contributed by atoms with Gasteiger partial charge < -0.3 is 132 Å². The van der Waals surface area contributed by atoms with Gasteiger partial charge in [-0.25, -0.2) is 0 Å². The predicted octanol–water partition coefficient (Wildman–Crippen LogP) is -5.18. The van der Waals surface area contributed by atoms with Crippen LogP contribution in [0.15, 0.2) is 85.2 Å². The number of nitrogens with one attached hydrogen (secondary N) is 14. The number of nitrogens with zero attached hydrogens (tertiary/aromatic N) is 5. The molecule has 9 rings (SSSR count). The molecule has 4 fully saturated rings. The lowest BCUT2D eigenvalue weighted by atomic mass is 9.86. The van der Waals surface area contributed by atoms with Crippen molar-refractivity contribution in [3.05, 3.63) is 107 Å². The van der Waals surface area contributed by atoms with Crippen LogP contribution in [0, 0.1) is 11.3 Å². The second-order valence-electron chi connectivity index (χ2n) is 34.1. The van der Waals surface area contributed by atoms with Gasteiger partial charge in [0, 0.05) is 112 Å². The third kappa shape index (κ3) is 27.0. The van der Waals surface area contributed by atoms with E-state index in [-0.39, 0.29) is 89.3 Å². The number of carbonyl (C=O) groups is 18. The smallest absolute Gasteiger partial charge is 0.248 e. The molecule has 18 amide bonds. The summed E-state index contributed by atoms with van der Waals surface area (Å²) in [6.07, 6.45) is 1.18. The largest absolute Gasteiger partial charge is 0.394 e. The summed E-state index contributed by atoms with van der Waals surface area (Å²) in [5.41, 5.74) is 31.1. The molecule has 5 aromatic rings. The highest BCUT2D eigenvalue weighted by molar-refractivity contribution is 8.00. The number of aromatic nitrogens is 2. The van der Waals surface area contributed by atoms with Crippen molar-refractivity contribution in [3.63, 3.8) is 0 Å². The summed E-state index contributed by atoms with van der Waals surface area (Å²) in [5.74, 6) is -19.2. The predicted molar refractivity (Wildman–Crippen MR) is 487 cm³/mol. The number of unbranched alkanes of at least 4 members (excludes halogenated alkanes) is 2. The molecule has 2 bridgehead atoms. The molecule has 45 heteroatoms. The van der Waals surface area contributed by atoms with E-state index >= 15 is 33.6 Å². The van der Waals surface area contributed by atoms with Crippen molar-refractivity contribution >= 4 is 146 Å². The van der Waals surface area contributed by atoms with Crippen molar-refractivity contribution in [2.45, 2.75) is 227 Å². The molecule has 26 N–H and O–H groups in total. The number of aliphatic hydroxyl groups is 2. The van der Waals surface area contributed by atoms with Crippen LogP contribution in [0.4, 0.5) is 0 Å². The van der Waals surface area contributed by atoms with Crippen LogP contribution in [0.25, 0.3) is 21.8 Å². The fourth-order valence-corrected chi connectivity index (χ4v) is 18.0. The van der Waals surface area contributed by atoms with Crippen LogP contribution >= 0.6 is 11.8 Å². The van der Waals surface area contributed by atoms with Gasteiger partial charge in [-0.1, -0.05) is 95.0 Å². The summed E-state index contributed by atoms with van der Waals surface area (Å²) in [4.78, 5) is 272. The van der Waals surface area contributed by atoms with E-state index in [0.29, 0.717) is 64.2 Å². The average molecular weight is 1870 g/mol. The standard InChI is InChI=1S/C88H124N24O20S/c1-8-10-23-64-80(125)100-55(22-16-30-95-88(93)94)76(121)107-63(75(120)98-41-70(91)116)43-133-44-71(117)99-58(33-47-26-28-48(29-27-47)73(92)118)83(128)108(5)46(4)74(119)102-60(36-69(90)115)85(130)111-31-17-25-65(111)81(126)105-61(38-89)78(123)103-57-32-45(3)72-68(114)37-67(112(72)86(57)131)82(127)101-56(34-49-39-96-53-20-14-12-18-51(49)53)77(122)106-62(42-113)79(124)104-59(35-50-40-97-54-21-15-13-19-52(50)54)84(129)110(7)66(24-11-9-2)87(132)109(64)6/h12-15,18-21,26-29,39-40,45-46,55-68,72,96-97,113-114H,8-11,16-17,22-25,30-38,41-44,89H2,1-7H3,(H2,90,115)(H2,91,116)(H2,92,118)(H,98,120)(H,99,117)(H,100,125)(H,101,127)(H,102,119)(H,103,123)(H,104,124)(H,105,126)(H,106,122)(H,107,121)(H4,93,94,95)/t45?,46-,55-,56-,57-,58-,59-,60?,61-,62-,63-,64-,65-,66-,67?,68+,72?/m0/s1. The van der Waals surface area contributed by atoms with Gasteiger partial charge in [-0.05, 0) is 98.7 Å². The first kappa shape index (κ1) is 103. The van der Waals surface area contributed by atoms with E-state index in [2.05, 4.69) is 68.5 Å². The summed E-state index contributed by atoms with van der Waals surface area (Å²) < 4.78 is 0. The number of hydrogen-bond donors (Lipinski definition) is 21. The van der Waals surface area contributed by atoms with Gasteiger partial charge in [0.15, 0.2) is 5.96 Å². The van der Waals surface area contributed by atoms with Crippen molar-refractivity contribution in [2.75, 3.05) is 65.4 Å². The van der Waals surface area contributed by atoms with Gasteiger partial charge in [-0.2, -0.15) is 0 Å². The van der Waals surface area contributed by atoms with Crippen LogP contribution in [0.3, 0.4) is 0 Å². The molecule has 4 saturated heterocycles. The highest BCUT2D eigenvalue weighted by atomic mass is 32.2. The number of thioether (sulfide) groups is 1. The number of guanidine groups is 1. The Bertz CT molecular complexity index is 5110. The first-order chi connectivity index (χ1) is 63.3. The molecule has 44 nitrogen and oxygen atoms in total. The van der Waals surface area contributed by atoms with Gasteiger partial charge in [0.25, 0.3) is 0 Å². The Morgan fingerprint density at radius 1 is 0.534 bits per heavy atom. The Balaban J connectivity index is 1.09. The Hall–Kier alpha value is -13.3. The van der Waals surface area contributed by atoms with Crippen LogP contribution in [-0.2, 0) is 101 Å². The van der Waals surface area contributed by atoms with E-state index in [1.165, 1.54) is 52.3 Å². The third-order valence-corrected chi connectivity index (χ3v) is 25.6. The summed E-state index contributed by atoms with van der Waals surface area (Å²) in [6, 6.07) is -3.31. The minimum Gasteiger partial charge on any atom is -0.394 e. The molecular formula is C88H124N24O20S. The molecule has 133 heavy (non-hydrogen) atoms. The lowest BCUT2D eigenvalue weighted by Gasteiger charge is -2.42. The molecule has 4 aliphatic rings. The highest BCUT2D eigenvalue weighted by Gasteiger charge is 2.55. The first-order valence-electron chi connectivity index (χ1n) is 44.4. The molecule has 0 radical (unpaired) electrons. The lowest BCUT2D eigenvalue weighted by Crippen LogP contribution is -2.65. The van der Waals surface area contributed by atoms with Gasteiger partial charge >= 0.3 is 0 Å². The highest BCUT2D eigenvalue weighted by Crippen LogP contribution is 2.37. The molecule has 0 aliphatic carbocycles. The molecule has 3 aromatic carbocycles. The number of carbonyl (C=O) groups excluding carboxylic acids is 18. The van der Waals surface area contributed by atoms with Crippen molar-refractivity contribution in [1.29, 1.82) is 5.41 Å². The molecule has 0 saturated carbocycles. The van der Waals surface area contributed by atoms with Gasteiger partial charge in [0.2, 0.25) is 106 Å². The second kappa shape index (κ2) is 48.2. The maximum absolute atomic E-state index is 15.7. The fourth-order valence-electron chi connectivity index (χ4n) is 17.1. The molecule has 2 aromatic heterocycles. The van der Waals surface area contributed by atoms with E-state index in [0.717, 1.165) is 36.3 Å². The van der Waals surface area contributed by atoms with E-state index in [1.54, 1.807) is 67.8 Å². The van der Waals surface area contributed by atoms with Crippen LogP contribution in [0.5, 0.6) is 0 Å². The normalized spacial score (nSPS) is 26.3. The molecule has 0 spiro atoms. The number of likely N-dealkylation sites (N-methyl/N-ethyl adjacent to an activating group) is 3. The van der Waals surface area contributed by atoms with Crippen LogP contribution < -0.4 is 87.2 Å². The number of H-pyrrole nitrogens is 2. The number of para-hydroxylation sites is 2. The summed E-state index contributed by atoms with van der Waals surface area (Å²) in [5, 5.41) is 60.7. The average Bonchev–Trinajstić information content (AvgIpc) is 1.61. The number of primary amides is 3. The summed E-state index contributed by atoms with van der Waals surface area (Å²) >= 11 is 0.744. The zero-order valence-corrected chi connectivity index (χ0v) is 76.3. The van der Waals surface area contributed by atoms with E-state index < -0.39 is 253 Å². The number of amides is 18. The number of piperidine rings is 1. The van der Waals surface area contributed by atoms with Crippen LogP contribution in [0.1, 0.15) is 138 Å². The van der Waals surface area contributed by atoms with Crippen molar-refractivity contribution < 1.29 is 96.5 Å². The molecular weight excluding hydrogens is 1750 g/mol. The van der Waals surface area contributed by atoms with Crippen LogP contribution in [-0.4, -0.2) is 319 Å². The minimum atomic E-state index is -1.89. The van der Waals surface area contributed by atoms with Gasteiger partial charge in [-0.15, -0.1) is 11.8 Å². The second-order valence-corrected chi connectivity index (χ2v) is 35.1. The van der Waals surface area contributed by atoms with Crippen LogP contribution in [0.2, 0.25) is 0 Å². The molecule has 4 aliphatic heterocycles. The molecule has 17 atom stereocenters. The number of aromatic amines is 2. The zero-order chi connectivity index (χ0) is 97.4. The Morgan fingerprint density at radius 3 is 1.68 bits per heavy atom. The maximum atomic E-state index is 15.7. The quantitative estimate of drug-likeness (QED) is 0.0156. The third-order valence-electron chi connectivity index (χ3n) is 24.6. The zero-order valence-electron chi connectivity index (χ0n) is 75.4. The minimum absolute atomic E-state index is 0.0156. The van der Waals surface area contributed by atoms with E-state index in [9.17, 15) is 63.0 Å². The van der Waals surface area contributed by atoms with Gasteiger partial charge in [-0.3, -0.25) is 91.7 Å². The molecule has 722 valence electrons. The lowest BCUT2D eigenvalue weighted by molar-refractivity contribution is -0.150. The Morgan fingerprint density at radius 2 is 1.08 bits per heavy atom. The molecule has 4 unspecified atom stereocenters. The fraction of sp³-hybridized carbons (Fsp3) is 0.534. The maximum Gasteiger partial charge on any atom is 0.248 e.